The molecule has 2 N–H and O–H groups in total. The Labute approximate surface area is 140 Å². The molecule has 1 atom stereocenters. The zero-order valence-electron chi connectivity index (χ0n) is 13.5. The molecule has 3 rings (SSSR count). The molecule has 2 aliphatic heterocycles. The minimum Gasteiger partial charge on any atom is -0.481 e. The fourth-order valence-electron chi connectivity index (χ4n) is 3.10. The predicted molar refractivity (Wildman–Crippen MR) is 86.1 cm³/mol. The van der Waals surface area contributed by atoms with E-state index < -0.39 is 5.97 Å². The van der Waals surface area contributed by atoms with Gasteiger partial charge < -0.3 is 24.8 Å². The maximum atomic E-state index is 12.5. The molecular formula is C17H22N2O5. The van der Waals surface area contributed by atoms with E-state index in [1.807, 2.05) is 18.2 Å². The minimum absolute atomic E-state index is 0.0421. The third-order valence-electron chi connectivity index (χ3n) is 4.35. The third kappa shape index (κ3) is 4.17. The van der Waals surface area contributed by atoms with Crippen molar-refractivity contribution in [2.75, 3.05) is 33.0 Å². The molecule has 7 nitrogen and oxygen atoms in total. The van der Waals surface area contributed by atoms with Crippen LogP contribution in [0.25, 0.3) is 0 Å². The lowest BCUT2D eigenvalue weighted by atomic mass is 10.0. The Hall–Kier alpha value is -2.28. The number of hydrogen-bond donors (Lipinski definition) is 2. The topological polar surface area (TPSA) is 88.1 Å². The number of nitrogens with zero attached hydrogens (tertiary/aromatic N) is 1. The van der Waals surface area contributed by atoms with Crippen LogP contribution in [0.4, 0.5) is 0 Å². The second-order valence-electron chi connectivity index (χ2n) is 6.20. The number of carboxylic acid groups (broad SMARTS) is 1. The van der Waals surface area contributed by atoms with Gasteiger partial charge in [0.05, 0.1) is 6.42 Å². The van der Waals surface area contributed by atoms with Gasteiger partial charge in [0.1, 0.15) is 0 Å². The first-order valence-electron chi connectivity index (χ1n) is 8.20. The number of benzene rings is 1. The quantitative estimate of drug-likeness (QED) is 0.831. The fourth-order valence-corrected chi connectivity index (χ4v) is 3.10. The second-order valence-corrected chi connectivity index (χ2v) is 6.20. The Morgan fingerprint density at radius 1 is 1.29 bits per heavy atom. The molecule has 0 spiro atoms. The van der Waals surface area contributed by atoms with E-state index in [9.17, 15) is 9.59 Å². The molecule has 1 amide bonds. The van der Waals surface area contributed by atoms with E-state index in [1.54, 1.807) is 4.90 Å². The summed E-state index contributed by atoms with van der Waals surface area (Å²) in [6.45, 7) is 2.70. The summed E-state index contributed by atoms with van der Waals surface area (Å²) in [5.41, 5.74) is 1.03. The highest BCUT2D eigenvalue weighted by molar-refractivity contribution is 5.76. The average molecular weight is 334 g/mol. The fraction of sp³-hybridized carbons (Fsp3) is 0.529. The van der Waals surface area contributed by atoms with E-state index in [2.05, 4.69) is 5.32 Å². The van der Waals surface area contributed by atoms with Gasteiger partial charge in [0.25, 0.3) is 0 Å². The van der Waals surface area contributed by atoms with Crippen molar-refractivity contribution in [1.82, 2.24) is 10.2 Å². The van der Waals surface area contributed by atoms with Gasteiger partial charge in [0.15, 0.2) is 11.5 Å². The Morgan fingerprint density at radius 3 is 2.96 bits per heavy atom. The summed E-state index contributed by atoms with van der Waals surface area (Å²) in [5.74, 6) is 0.656. The van der Waals surface area contributed by atoms with Gasteiger partial charge in [-0.2, -0.15) is 0 Å². The van der Waals surface area contributed by atoms with Crippen molar-refractivity contribution in [2.45, 2.75) is 19.3 Å². The maximum absolute atomic E-state index is 12.5. The summed E-state index contributed by atoms with van der Waals surface area (Å²) in [6.07, 6.45) is 1.11. The first-order valence-corrected chi connectivity index (χ1v) is 8.20. The number of fused-ring (bicyclic) bond motifs is 1. The molecule has 1 saturated heterocycles. The monoisotopic (exact) mass is 334 g/mol. The smallest absolute Gasteiger partial charge is 0.303 e. The number of rotatable bonds is 5. The van der Waals surface area contributed by atoms with Crippen LogP contribution in [0.2, 0.25) is 0 Å². The normalized spacial score (nSPS) is 19.8. The summed E-state index contributed by atoms with van der Waals surface area (Å²) in [6, 6.07) is 5.71. The largest absolute Gasteiger partial charge is 0.481 e. The molecule has 130 valence electrons. The SMILES string of the molecule is O=C(O)CC1CNCCN(C(=O)CCc2ccc3c(c2)OCO3)C1. The second kappa shape index (κ2) is 7.53. The molecule has 24 heavy (non-hydrogen) atoms. The van der Waals surface area contributed by atoms with Crippen LogP contribution < -0.4 is 14.8 Å². The molecule has 2 aliphatic rings. The number of carbonyl (C=O) groups excluding carboxylic acids is 1. The minimum atomic E-state index is -0.823. The molecule has 1 aromatic rings. The molecule has 2 heterocycles. The number of amides is 1. The lowest BCUT2D eigenvalue weighted by Gasteiger charge is -2.23. The van der Waals surface area contributed by atoms with Crippen LogP contribution >= 0.6 is 0 Å². The summed E-state index contributed by atoms with van der Waals surface area (Å²) in [5, 5.41) is 12.2. The molecule has 1 fully saturated rings. The van der Waals surface area contributed by atoms with Crippen molar-refractivity contribution in [1.29, 1.82) is 0 Å². The van der Waals surface area contributed by atoms with Crippen LogP contribution in [0.15, 0.2) is 18.2 Å². The van der Waals surface area contributed by atoms with Crippen LogP contribution in [0.1, 0.15) is 18.4 Å². The van der Waals surface area contributed by atoms with Crippen molar-refractivity contribution in [3.63, 3.8) is 0 Å². The number of carboxylic acids is 1. The van der Waals surface area contributed by atoms with Crippen molar-refractivity contribution >= 4 is 11.9 Å². The Morgan fingerprint density at radius 2 is 2.12 bits per heavy atom. The third-order valence-corrected chi connectivity index (χ3v) is 4.35. The van der Waals surface area contributed by atoms with Crippen LogP contribution in [0.3, 0.4) is 0 Å². The maximum Gasteiger partial charge on any atom is 0.303 e. The molecule has 0 radical (unpaired) electrons. The van der Waals surface area contributed by atoms with E-state index in [4.69, 9.17) is 14.6 Å². The molecule has 1 aromatic carbocycles. The van der Waals surface area contributed by atoms with Gasteiger partial charge in [0.2, 0.25) is 12.7 Å². The number of nitrogens with one attached hydrogen (secondary N) is 1. The van der Waals surface area contributed by atoms with Crippen molar-refractivity contribution < 1.29 is 24.2 Å². The Balaban J connectivity index is 1.54. The van der Waals surface area contributed by atoms with Gasteiger partial charge in [-0.05, 0) is 30.0 Å². The van der Waals surface area contributed by atoms with Gasteiger partial charge >= 0.3 is 5.97 Å². The Kier molecular flexibility index (Phi) is 5.20. The molecule has 0 saturated carbocycles. The number of aliphatic carboxylic acids is 1. The van der Waals surface area contributed by atoms with Crippen molar-refractivity contribution in [2.24, 2.45) is 5.92 Å². The van der Waals surface area contributed by atoms with Gasteiger partial charge in [0, 0.05) is 32.6 Å². The van der Waals surface area contributed by atoms with E-state index in [-0.39, 0.29) is 25.0 Å². The van der Waals surface area contributed by atoms with Crippen molar-refractivity contribution in [3.05, 3.63) is 23.8 Å². The molecule has 0 bridgehead atoms. The van der Waals surface area contributed by atoms with Crippen LogP contribution in [0, 0.1) is 5.92 Å². The lowest BCUT2D eigenvalue weighted by Crippen LogP contribution is -2.36. The molecular weight excluding hydrogens is 312 g/mol. The highest BCUT2D eigenvalue weighted by atomic mass is 16.7. The zero-order valence-corrected chi connectivity index (χ0v) is 13.5. The van der Waals surface area contributed by atoms with Crippen LogP contribution in [-0.2, 0) is 16.0 Å². The molecule has 7 heteroatoms. The summed E-state index contributed by atoms with van der Waals surface area (Å²) < 4.78 is 10.6. The number of carbonyl (C=O) groups is 2. The van der Waals surface area contributed by atoms with Crippen molar-refractivity contribution in [3.8, 4) is 11.5 Å². The van der Waals surface area contributed by atoms with Gasteiger partial charge in [-0.15, -0.1) is 0 Å². The standard InChI is InChI=1S/C17H22N2O5/c20-16(19-6-5-18-9-13(10-19)8-17(21)22)4-2-12-1-3-14-15(7-12)24-11-23-14/h1,3,7,13,18H,2,4-6,8-11H2,(H,21,22). The highest BCUT2D eigenvalue weighted by Gasteiger charge is 2.23. The van der Waals surface area contributed by atoms with Gasteiger partial charge in [-0.3, -0.25) is 9.59 Å². The molecule has 0 aromatic heterocycles. The van der Waals surface area contributed by atoms with E-state index in [1.165, 1.54) is 0 Å². The van der Waals surface area contributed by atoms with E-state index in [0.29, 0.717) is 39.0 Å². The number of ether oxygens (including phenoxy) is 2. The van der Waals surface area contributed by atoms with Crippen LogP contribution in [-0.4, -0.2) is 54.9 Å². The summed E-state index contributed by atoms with van der Waals surface area (Å²) in [4.78, 5) is 25.2. The Bertz CT molecular complexity index is 619. The highest BCUT2D eigenvalue weighted by Crippen LogP contribution is 2.32. The van der Waals surface area contributed by atoms with E-state index >= 15 is 0 Å². The van der Waals surface area contributed by atoms with Gasteiger partial charge in [-0.25, -0.2) is 0 Å². The molecule has 0 aliphatic carbocycles. The van der Waals surface area contributed by atoms with E-state index in [0.717, 1.165) is 17.1 Å². The predicted octanol–water partition coefficient (Wildman–Crippen LogP) is 0.871. The molecule has 1 unspecified atom stereocenters. The zero-order chi connectivity index (χ0) is 16.9. The number of hydrogen-bond acceptors (Lipinski definition) is 5. The first-order chi connectivity index (χ1) is 11.6. The first kappa shape index (κ1) is 16.6. The van der Waals surface area contributed by atoms with Crippen LogP contribution in [0.5, 0.6) is 11.5 Å². The average Bonchev–Trinajstić information content (AvgIpc) is 2.90. The lowest BCUT2D eigenvalue weighted by molar-refractivity contribution is -0.139. The van der Waals surface area contributed by atoms with Gasteiger partial charge in [-0.1, -0.05) is 6.07 Å². The summed E-state index contributed by atoms with van der Waals surface area (Å²) in [7, 11) is 0. The number of aryl methyl sites for hydroxylation is 1. The summed E-state index contributed by atoms with van der Waals surface area (Å²) >= 11 is 0.